The fourth-order valence-corrected chi connectivity index (χ4v) is 8.37. The lowest BCUT2D eigenvalue weighted by Gasteiger charge is -2.31. The number of aromatic nitrogens is 5. The molecule has 0 bridgehead atoms. The average molecular weight is 766 g/mol. The van der Waals surface area contributed by atoms with Gasteiger partial charge in [0.25, 0.3) is 12.3 Å². The lowest BCUT2D eigenvalue weighted by molar-refractivity contribution is -0.145. The zero-order chi connectivity index (χ0) is 39.1. The number of anilines is 3. The Labute approximate surface area is 323 Å². The van der Waals surface area contributed by atoms with Gasteiger partial charge in [-0.3, -0.25) is 29.1 Å². The number of ether oxygens (including phenoxy) is 1. The van der Waals surface area contributed by atoms with E-state index in [0.29, 0.717) is 54.2 Å². The number of carbonyl (C=O) groups excluding carboxylic acids is 2. The predicted molar refractivity (Wildman–Crippen MR) is 207 cm³/mol. The van der Waals surface area contributed by atoms with E-state index in [1.54, 1.807) is 12.3 Å². The van der Waals surface area contributed by atoms with Gasteiger partial charge in [-0.1, -0.05) is 24.3 Å². The second-order valence-electron chi connectivity index (χ2n) is 15.0. The van der Waals surface area contributed by atoms with Gasteiger partial charge in [0.2, 0.25) is 0 Å². The van der Waals surface area contributed by atoms with E-state index in [1.807, 2.05) is 61.0 Å². The first-order valence-corrected chi connectivity index (χ1v) is 19.1. The van der Waals surface area contributed by atoms with Crippen molar-refractivity contribution < 1.29 is 28.2 Å². The molecule has 13 nitrogen and oxygen atoms in total. The minimum absolute atomic E-state index is 0.0764. The fraction of sp³-hybridized carbons (Fsp3) is 0.415. The number of aliphatic hydroxyl groups excluding tert-OH is 1. The van der Waals surface area contributed by atoms with Crippen LogP contribution in [0.2, 0.25) is 0 Å². The highest BCUT2D eigenvalue weighted by Gasteiger charge is 2.36. The van der Waals surface area contributed by atoms with Crippen molar-refractivity contribution >= 4 is 40.1 Å². The van der Waals surface area contributed by atoms with Crippen LogP contribution in [0.4, 0.5) is 26.0 Å². The Bertz CT molecular complexity index is 2300. The molecule has 0 unspecified atom stereocenters. The summed E-state index contributed by atoms with van der Waals surface area (Å²) in [5.74, 6) is -1.07. The molecule has 3 atom stereocenters. The van der Waals surface area contributed by atoms with Crippen molar-refractivity contribution in [1.29, 1.82) is 0 Å². The third-order valence-electron chi connectivity index (χ3n) is 11.3. The second kappa shape index (κ2) is 15.6. The third-order valence-corrected chi connectivity index (χ3v) is 11.3. The molecule has 6 heterocycles. The van der Waals surface area contributed by atoms with Crippen LogP contribution in [0, 0.1) is 19.8 Å². The summed E-state index contributed by atoms with van der Waals surface area (Å²) in [6, 6.07) is 15.1. The van der Waals surface area contributed by atoms with E-state index in [4.69, 9.17) is 4.74 Å². The number of β-amino-alcohol motifs (C(OH)–C–C–N with tert-alkyl or cyclic N) is 1. The zero-order valence-corrected chi connectivity index (χ0v) is 31.6. The summed E-state index contributed by atoms with van der Waals surface area (Å²) in [5.41, 5.74) is 7.55. The number of amides is 1. The summed E-state index contributed by atoms with van der Waals surface area (Å²) < 4.78 is 35.0. The molecule has 0 spiro atoms. The summed E-state index contributed by atoms with van der Waals surface area (Å²) >= 11 is 0. The van der Waals surface area contributed by atoms with Crippen LogP contribution in [-0.2, 0) is 22.6 Å². The number of aliphatic hydroxyl groups is 1. The maximum Gasteiger partial charge on any atom is 0.310 e. The first kappa shape index (κ1) is 37.5. The first-order chi connectivity index (χ1) is 27.1. The van der Waals surface area contributed by atoms with Crippen LogP contribution in [0.1, 0.15) is 76.8 Å². The number of methoxy groups -OCH3 is 1. The monoisotopic (exact) mass is 765 g/mol. The number of hydrogen-bond acceptors (Lipinski definition) is 11. The Hall–Kier alpha value is -5.38. The van der Waals surface area contributed by atoms with Gasteiger partial charge in [0.1, 0.15) is 5.52 Å². The van der Waals surface area contributed by atoms with Crippen LogP contribution in [-0.4, -0.2) is 90.9 Å². The van der Waals surface area contributed by atoms with Crippen molar-refractivity contribution in [2.45, 2.75) is 71.2 Å². The number of fused-ring (bicyclic) bond motifs is 2. The van der Waals surface area contributed by atoms with E-state index in [9.17, 15) is 23.5 Å². The average Bonchev–Trinajstić information content (AvgIpc) is 3.96. The summed E-state index contributed by atoms with van der Waals surface area (Å²) in [4.78, 5) is 43.2. The van der Waals surface area contributed by atoms with Crippen LogP contribution in [0.5, 0.6) is 0 Å². The van der Waals surface area contributed by atoms with Gasteiger partial charge in [-0.15, -0.1) is 0 Å². The molecule has 3 aromatic heterocycles. The number of aryl methyl sites for hydroxylation is 1. The van der Waals surface area contributed by atoms with Crippen molar-refractivity contribution in [2.24, 2.45) is 5.92 Å². The Morgan fingerprint density at radius 2 is 1.73 bits per heavy atom. The number of carbonyl (C=O) groups is 2. The largest absolute Gasteiger partial charge is 0.469 e. The molecule has 3 aliphatic rings. The quantitative estimate of drug-likeness (QED) is 0.137. The minimum Gasteiger partial charge on any atom is -0.469 e. The molecule has 2 saturated heterocycles. The third kappa shape index (κ3) is 7.45. The van der Waals surface area contributed by atoms with Gasteiger partial charge in [-0.05, 0) is 98.2 Å². The van der Waals surface area contributed by atoms with Crippen molar-refractivity contribution in [3.8, 4) is 11.1 Å². The van der Waals surface area contributed by atoms with E-state index >= 15 is 0 Å². The molecule has 0 radical (unpaired) electrons. The molecular weight excluding hydrogens is 721 g/mol. The van der Waals surface area contributed by atoms with Gasteiger partial charge in [-0.25, -0.2) is 18.7 Å². The van der Waals surface area contributed by atoms with Crippen LogP contribution in [0.15, 0.2) is 54.7 Å². The molecule has 0 aliphatic carbocycles. The standard InChI is InChI=1S/C41H45F2N9O4/c1-23-28(7-4-9-30(23)45-38-36-32(46-39(48-38)37(42)43)17-25(19-44-36)20-50-15-13-27(53)22-50)29-8-5-10-31(24(29)2)47-40(54)33-18-35-34(11-6-14-52(35)49-33)51-16-12-26(21-51)41(55)56-3/h4-5,7-10,17-19,26-27,34,37,53H,6,11-16,20-22H2,1-3H3,(H,47,54)(H,45,46,48)/t26-,27-,34-/m1/s1. The molecular formula is C41H45F2N9O4. The second-order valence-corrected chi connectivity index (χ2v) is 15.0. The van der Waals surface area contributed by atoms with E-state index in [0.717, 1.165) is 72.4 Å². The summed E-state index contributed by atoms with van der Waals surface area (Å²) in [5, 5.41) is 21.0. The Morgan fingerprint density at radius 1 is 0.964 bits per heavy atom. The normalized spacial score (nSPS) is 20.1. The Morgan fingerprint density at radius 3 is 2.46 bits per heavy atom. The topological polar surface area (TPSA) is 151 Å². The molecule has 5 aromatic rings. The van der Waals surface area contributed by atoms with Gasteiger partial charge < -0.3 is 20.5 Å². The number of rotatable bonds is 10. The highest BCUT2D eigenvalue weighted by molar-refractivity contribution is 6.04. The van der Waals surface area contributed by atoms with Crippen LogP contribution in [0.25, 0.3) is 22.2 Å². The summed E-state index contributed by atoms with van der Waals surface area (Å²) in [7, 11) is 1.42. The minimum atomic E-state index is -2.88. The fourth-order valence-electron chi connectivity index (χ4n) is 8.37. The number of halogens is 2. The molecule has 56 heavy (non-hydrogen) atoms. The lowest BCUT2D eigenvalue weighted by Crippen LogP contribution is -2.32. The molecule has 0 saturated carbocycles. The summed E-state index contributed by atoms with van der Waals surface area (Å²) in [6.07, 6.45) is 1.74. The van der Waals surface area contributed by atoms with Crippen molar-refractivity contribution in [2.75, 3.05) is 43.9 Å². The van der Waals surface area contributed by atoms with Crippen LogP contribution < -0.4 is 10.6 Å². The van der Waals surface area contributed by atoms with Gasteiger partial charge in [0.05, 0.1) is 36.4 Å². The number of pyridine rings is 1. The SMILES string of the molecule is COC(=O)[C@@H]1CCN([C@@H]2CCCn3nc(C(=O)Nc4cccc(-c5cccc(Nc6nc(C(F)F)nc7cc(CN8CC[C@@H](O)C8)cnc67)c5C)c4C)cc32)C1. The van der Waals surface area contributed by atoms with Crippen LogP contribution >= 0.6 is 0 Å². The molecule has 3 N–H and O–H groups in total. The molecule has 2 fully saturated rings. The van der Waals surface area contributed by atoms with Crippen molar-refractivity contribution in [3.05, 3.63) is 88.6 Å². The Balaban J connectivity index is 1.02. The molecule has 15 heteroatoms. The highest BCUT2D eigenvalue weighted by Crippen LogP contribution is 2.37. The maximum atomic E-state index is 14.1. The van der Waals surface area contributed by atoms with E-state index in [2.05, 4.69) is 40.5 Å². The predicted octanol–water partition coefficient (Wildman–Crippen LogP) is 6.34. The van der Waals surface area contributed by atoms with Crippen molar-refractivity contribution in [1.82, 2.24) is 34.5 Å². The Kier molecular flexibility index (Phi) is 10.5. The van der Waals surface area contributed by atoms with Gasteiger partial charge in [0.15, 0.2) is 17.3 Å². The molecule has 1 amide bonds. The summed E-state index contributed by atoms with van der Waals surface area (Å²) in [6.45, 7) is 7.85. The number of hydrogen-bond donors (Lipinski definition) is 3. The number of nitrogens with zero attached hydrogens (tertiary/aromatic N) is 7. The molecule has 3 aliphatic heterocycles. The number of likely N-dealkylation sites (tertiary alicyclic amines) is 2. The van der Waals surface area contributed by atoms with E-state index < -0.39 is 12.2 Å². The lowest BCUT2D eigenvalue weighted by atomic mass is 9.94. The van der Waals surface area contributed by atoms with E-state index in [-0.39, 0.29) is 35.8 Å². The maximum absolute atomic E-state index is 14.1. The molecule has 2 aromatic carbocycles. The number of benzene rings is 2. The molecule has 292 valence electrons. The highest BCUT2D eigenvalue weighted by atomic mass is 19.3. The van der Waals surface area contributed by atoms with E-state index in [1.165, 1.54) is 7.11 Å². The van der Waals surface area contributed by atoms with Gasteiger partial charge >= 0.3 is 5.97 Å². The smallest absolute Gasteiger partial charge is 0.310 e. The number of nitrogens with one attached hydrogen (secondary N) is 2. The molecule has 8 rings (SSSR count). The van der Waals surface area contributed by atoms with Gasteiger partial charge in [0, 0.05) is 50.3 Å². The van der Waals surface area contributed by atoms with Crippen molar-refractivity contribution in [3.63, 3.8) is 0 Å². The van der Waals surface area contributed by atoms with Gasteiger partial charge in [-0.2, -0.15) is 5.10 Å². The number of esters is 1. The zero-order valence-electron chi connectivity index (χ0n) is 31.6. The first-order valence-electron chi connectivity index (χ1n) is 19.1. The van der Waals surface area contributed by atoms with Crippen LogP contribution in [0.3, 0.4) is 0 Å². The number of alkyl halides is 2.